The molecule has 0 radical (unpaired) electrons. The number of rotatable bonds is 5. The van der Waals surface area contributed by atoms with E-state index in [0.29, 0.717) is 11.1 Å². The number of nitrogens with one attached hydrogen (secondary N) is 1. The van der Waals surface area contributed by atoms with Gasteiger partial charge in [-0.2, -0.15) is 8.78 Å². The Bertz CT molecular complexity index is 950. The number of H-pyrrole nitrogens is 1. The Kier molecular flexibility index (Phi) is 4.94. The van der Waals surface area contributed by atoms with Gasteiger partial charge in [-0.25, -0.2) is 17.8 Å². The van der Waals surface area contributed by atoms with Gasteiger partial charge in [0.2, 0.25) is 10.2 Å². The van der Waals surface area contributed by atoms with Gasteiger partial charge in [0.1, 0.15) is 0 Å². The molecule has 0 aliphatic heterocycles. The first kappa shape index (κ1) is 18.7. The highest BCUT2D eigenvalue weighted by Gasteiger charge is 2.54. The van der Waals surface area contributed by atoms with Gasteiger partial charge in [0.05, 0.1) is 11.4 Å². The van der Waals surface area contributed by atoms with Crippen molar-refractivity contribution >= 4 is 25.8 Å². The molecule has 0 fully saturated rings. The second kappa shape index (κ2) is 6.88. The molecule has 3 rings (SSSR count). The number of hydrogen-bond acceptors (Lipinski definition) is 3. The molecule has 1 heterocycles. The summed E-state index contributed by atoms with van der Waals surface area (Å²) in [6.45, 7) is 0. The summed E-state index contributed by atoms with van der Waals surface area (Å²) < 4.78 is 65.4. The number of benzene rings is 2. The maximum absolute atomic E-state index is 13.9. The Morgan fingerprint density at radius 1 is 0.962 bits per heavy atom. The van der Waals surface area contributed by atoms with Crippen molar-refractivity contribution < 1.29 is 21.6 Å². The number of sulfone groups is 1. The van der Waals surface area contributed by atoms with E-state index in [9.17, 15) is 21.6 Å². The van der Waals surface area contributed by atoms with E-state index >= 15 is 0 Å². The van der Waals surface area contributed by atoms with E-state index < -0.39 is 25.3 Å². The van der Waals surface area contributed by atoms with Gasteiger partial charge >= 0.3 is 5.25 Å². The number of halogens is 4. The van der Waals surface area contributed by atoms with E-state index in [2.05, 4.69) is 9.97 Å². The molecular weight excluding hydrogens is 433 g/mol. The summed E-state index contributed by atoms with van der Waals surface area (Å²) in [6, 6.07) is 17.0. The lowest BCUT2D eigenvalue weighted by molar-refractivity contribution is 0.0482. The van der Waals surface area contributed by atoms with E-state index in [1.165, 1.54) is 0 Å². The van der Waals surface area contributed by atoms with Crippen LogP contribution in [0.15, 0.2) is 65.8 Å². The van der Waals surface area contributed by atoms with Crippen molar-refractivity contribution in [3.8, 4) is 22.5 Å². The minimum atomic E-state index is -5.38. The summed E-state index contributed by atoms with van der Waals surface area (Å²) in [5.41, 5.74) is 1.51. The highest BCUT2D eigenvalue weighted by Crippen LogP contribution is 2.38. The molecule has 1 unspecified atom stereocenters. The first-order chi connectivity index (χ1) is 12.2. The van der Waals surface area contributed by atoms with Crippen molar-refractivity contribution in [1.82, 2.24) is 9.97 Å². The van der Waals surface area contributed by atoms with Crippen LogP contribution in [0.5, 0.6) is 0 Å². The first-order valence-electron chi connectivity index (χ1n) is 7.36. The van der Waals surface area contributed by atoms with Crippen molar-refractivity contribution in [2.24, 2.45) is 0 Å². The van der Waals surface area contributed by atoms with Crippen LogP contribution in [-0.4, -0.2) is 28.7 Å². The second-order valence-electron chi connectivity index (χ2n) is 5.36. The molecule has 0 amide bonds. The molecule has 1 N–H and O–H groups in total. The van der Waals surface area contributed by atoms with Crippen molar-refractivity contribution in [2.45, 2.75) is 15.5 Å². The van der Waals surface area contributed by atoms with Crippen LogP contribution in [-0.2, 0) is 9.84 Å². The predicted octanol–water partition coefficient (Wildman–Crippen LogP) is 4.80. The third kappa shape index (κ3) is 3.16. The monoisotopic (exact) mass is 444 g/mol. The van der Waals surface area contributed by atoms with Gasteiger partial charge in [0, 0.05) is 11.1 Å². The Hall–Kier alpha value is -2.13. The third-order valence-corrected chi connectivity index (χ3v) is 6.16. The van der Waals surface area contributed by atoms with E-state index in [-0.39, 0.29) is 11.4 Å². The zero-order valence-electron chi connectivity index (χ0n) is 13.0. The van der Waals surface area contributed by atoms with Crippen molar-refractivity contribution in [1.29, 1.82) is 0 Å². The molecule has 0 saturated heterocycles. The van der Waals surface area contributed by atoms with Gasteiger partial charge < -0.3 is 4.98 Å². The molecule has 26 heavy (non-hydrogen) atoms. The average molecular weight is 445 g/mol. The van der Waals surface area contributed by atoms with Crippen molar-refractivity contribution in [3.05, 3.63) is 60.7 Å². The maximum atomic E-state index is 13.9. The highest BCUT2D eigenvalue weighted by atomic mass is 79.9. The van der Waals surface area contributed by atoms with E-state index in [4.69, 9.17) is 0 Å². The Morgan fingerprint density at radius 2 is 1.46 bits per heavy atom. The van der Waals surface area contributed by atoms with E-state index in [0.717, 1.165) is 0 Å². The molecule has 1 atom stereocenters. The molecule has 4 nitrogen and oxygen atoms in total. The van der Waals surface area contributed by atoms with Gasteiger partial charge in [0.15, 0.2) is 0 Å². The molecule has 1 aromatic heterocycles. The number of alkyl halides is 4. The van der Waals surface area contributed by atoms with Crippen LogP contribution in [0.3, 0.4) is 0 Å². The smallest absolute Gasteiger partial charge is 0.328 e. The van der Waals surface area contributed by atoms with Crippen LogP contribution in [0.2, 0.25) is 0 Å². The molecule has 9 heteroatoms. The van der Waals surface area contributed by atoms with Gasteiger partial charge in [-0.15, -0.1) is 0 Å². The Balaban J connectivity index is 2.23. The fraction of sp³-hybridized carbons (Fsp3) is 0.118. The number of hydrogen-bond donors (Lipinski definition) is 1. The summed E-state index contributed by atoms with van der Waals surface area (Å²) in [5.74, 6) is 0. The number of aromatic nitrogens is 2. The second-order valence-corrected chi connectivity index (χ2v) is 8.11. The standard InChI is InChI=1S/C17H12BrF3N2O2S/c18-15(19)17(20,21)26(24,25)16-22-13(11-7-3-1-4-8-11)14(23-16)12-9-5-2-6-10-12/h1-10,15H,(H,22,23). The lowest BCUT2D eigenvalue weighted by Gasteiger charge is -2.14. The average Bonchev–Trinajstić information content (AvgIpc) is 3.09. The van der Waals surface area contributed by atoms with E-state index in [1.54, 1.807) is 60.7 Å². The van der Waals surface area contributed by atoms with Crippen LogP contribution in [0.25, 0.3) is 22.5 Å². The summed E-state index contributed by atoms with van der Waals surface area (Å²) in [7, 11) is -5.38. The Labute approximate surface area is 156 Å². The van der Waals surface area contributed by atoms with Crippen LogP contribution >= 0.6 is 15.9 Å². The molecular formula is C17H12BrF3N2O2S. The number of imidazole rings is 1. The van der Waals surface area contributed by atoms with Gasteiger partial charge in [0.25, 0.3) is 9.84 Å². The molecule has 136 valence electrons. The molecule has 0 saturated carbocycles. The first-order valence-corrected chi connectivity index (χ1v) is 9.76. The van der Waals surface area contributed by atoms with Crippen LogP contribution in [0.1, 0.15) is 0 Å². The van der Waals surface area contributed by atoms with Crippen LogP contribution < -0.4 is 0 Å². The minimum absolute atomic E-state index is 0.177. The van der Waals surface area contributed by atoms with Gasteiger partial charge in [-0.05, 0) is 15.9 Å². The minimum Gasteiger partial charge on any atom is -0.328 e. The lowest BCUT2D eigenvalue weighted by Crippen LogP contribution is -2.36. The molecule has 0 spiro atoms. The molecule has 0 aliphatic rings. The summed E-state index contributed by atoms with van der Waals surface area (Å²) >= 11 is 2.01. The zero-order valence-corrected chi connectivity index (χ0v) is 15.4. The predicted molar refractivity (Wildman–Crippen MR) is 95.4 cm³/mol. The van der Waals surface area contributed by atoms with Crippen molar-refractivity contribution in [2.75, 3.05) is 0 Å². The highest BCUT2D eigenvalue weighted by molar-refractivity contribution is 9.09. The Morgan fingerprint density at radius 3 is 1.96 bits per heavy atom. The fourth-order valence-electron chi connectivity index (χ4n) is 2.34. The van der Waals surface area contributed by atoms with E-state index in [1.807, 2.05) is 15.9 Å². The summed E-state index contributed by atoms with van der Waals surface area (Å²) in [5, 5.41) is -8.74. The molecule has 2 aromatic carbocycles. The molecule has 3 aromatic rings. The van der Waals surface area contributed by atoms with Gasteiger partial charge in [-0.3, -0.25) is 0 Å². The quantitative estimate of drug-likeness (QED) is 0.574. The van der Waals surface area contributed by atoms with Crippen LogP contribution in [0.4, 0.5) is 13.2 Å². The molecule has 0 aliphatic carbocycles. The maximum Gasteiger partial charge on any atom is 0.393 e. The van der Waals surface area contributed by atoms with Crippen LogP contribution in [0, 0.1) is 0 Å². The normalized spacial score (nSPS) is 13.5. The lowest BCUT2D eigenvalue weighted by atomic mass is 10.1. The van der Waals surface area contributed by atoms with Gasteiger partial charge in [-0.1, -0.05) is 60.7 Å². The number of aromatic amines is 1. The summed E-state index contributed by atoms with van der Waals surface area (Å²) in [6.07, 6.45) is 0. The van der Waals surface area contributed by atoms with Crippen molar-refractivity contribution in [3.63, 3.8) is 0 Å². The summed E-state index contributed by atoms with van der Waals surface area (Å²) in [4.78, 5) is 6.30. The topological polar surface area (TPSA) is 62.8 Å². The largest absolute Gasteiger partial charge is 0.393 e. The number of nitrogens with zero attached hydrogens (tertiary/aromatic N) is 1. The fourth-order valence-corrected chi connectivity index (χ4v) is 4.02. The third-order valence-electron chi connectivity index (χ3n) is 3.66. The SMILES string of the molecule is O=S(=O)(c1nc(-c2ccccc2)c(-c2ccccc2)[nH]1)C(F)(F)C(F)Br. The zero-order chi connectivity index (χ0) is 18.9. The molecule has 0 bridgehead atoms.